The second-order valence-electron chi connectivity index (χ2n) is 1.21. The van der Waals surface area contributed by atoms with E-state index in [-0.39, 0.29) is 6.42 Å². The number of alkyl halides is 5. The quantitative estimate of drug-likeness (QED) is 0.650. The van der Waals surface area contributed by atoms with Gasteiger partial charge in [-0.05, 0) is 0 Å². The molecule has 50 valence electrons. The van der Waals surface area contributed by atoms with Crippen molar-refractivity contribution in [2.75, 3.05) is 0 Å². The molecule has 0 aromatic carbocycles. The molecule has 0 N–H and O–H groups in total. The van der Waals surface area contributed by atoms with Crippen molar-refractivity contribution in [1.29, 1.82) is 0 Å². The highest BCUT2D eigenvalue weighted by atomic mass is 80.0. The second-order valence-corrected chi connectivity index (χ2v) is 8.46. The summed E-state index contributed by atoms with van der Waals surface area (Å²) in [5, 5.41) is 0. The van der Waals surface area contributed by atoms with Crippen molar-refractivity contribution in [2.24, 2.45) is 0 Å². The predicted molar refractivity (Wildman–Crippen MR) is 40.1 cm³/mol. The highest BCUT2D eigenvalue weighted by Gasteiger charge is 2.22. The van der Waals surface area contributed by atoms with Gasteiger partial charge in [-0.3, -0.25) is 0 Å². The molecule has 0 heterocycles. The van der Waals surface area contributed by atoms with Crippen molar-refractivity contribution in [3.05, 3.63) is 0 Å². The Labute approximate surface area is 71.4 Å². The van der Waals surface area contributed by atoms with Crippen molar-refractivity contribution in [2.45, 2.75) is 15.0 Å². The molecule has 0 aliphatic rings. The molecule has 0 aliphatic heterocycles. The molecule has 5 heteroatoms. The molecule has 0 aromatic rings. The van der Waals surface area contributed by atoms with E-state index in [4.69, 9.17) is 0 Å². The van der Waals surface area contributed by atoms with Crippen molar-refractivity contribution in [1.82, 2.24) is 0 Å². The maximum absolute atomic E-state index is 11.4. The summed E-state index contributed by atoms with van der Waals surface area (Å²) in [6.45, 7) is 0. The lowest BCUT2D eigenvalue weighted by atomic mass is 10.5. The summed E-state index contributed by atoms with van der Waals surface area (Å²) in [6.07, 6.45) is -2.55. The summed E-state index contributed by atoms with van der Waals surface area (Å²) < 4.78 is 22.1. The van der Waals surface area contributed by atoms with Crippen LogP contribution in [-0.2, 0) is 0 Å². The SMILES string of the molecule is FC(F)CC(Br)(Br)Br. The van der Waals surface area contributed by atoms with E-state index in [9.17, 15) is 8.78 Å². The van der Waals surface area contributed by atoms with Crippen LogP contribution >= 0.6 is 47.8 Å². The van der Waals surface area contributed by atoms with Gasteiger partial charge in [-0.25, -0.2) is 8.78 Å². The molecule has 0 spiro atoms. The lowest BCUT2D eigenvalue weighted by Gasteiger charge is -2.09. The first kappa shape index (κ1) is 9.30. The summed E-state index contributed by atoms with van der Waals surface area (Å²) in [7, 11) is 0. The number of rotatable bonds is 1. The molecular weight excluding hydrogens is 314 g/mol. The maximum atomic E-state index is 11.4. The predicted octanol–water partition coefficient (Wildman–Crippen LogP) is 3.48. The molecule has 0 aromatic heterocycles. The zero-order valence-corrected chi connectivity index (χ0v) is 8.43. The van der Waals surface area contributed by atoms with Crippen LogP contribution in [0.25, 0.3) is 0 Å². The van der Waals surface area contributed by atoms with E-state index >= 15 is 0 Å². The standard InChI is InChI=1S/C3H3Br3F2/c4-3(5,6)1-2(7)8/h2H,1H2. The number of hydrogen-bond acceptors (Lipinski definition) is 0. The second kappa shape index (κ2) is 3.46. The average molecular weight is 317 g/mol. The zero-order valence-electron chi connectivity index (χ0n) is 3.67. The Bertz CT molecular complexity index is 67.4. The minimum Gasteiger partial charge on any atom is -0.210 e. The first-order valence-electron chi connectivity index (χ1n) is 1.77. The van der Waals surface area contributed by atoms with E-state index in [0.29, 0.717) is 0 Å². The third kappa shape index (κ3) is 7.30. The van der Waals surface area contributed by atoms with E-state index in [0.717, 1.165) is 0 Å². The van der Waals surface area contributed by atoms with Crippen molar-refractivity contribution < 1.29 is 8.78 Å². The van der Waals surface area contributed by atoms with Gasteiger partial charge in [0.15, 0.2) is 0 Å². The fraction of sp³-hybridized carbons (Fsp3) is 1.00. The van der Waals surface area contributed by atoms with Gasteiger partial charge >= 0.3 is 0 Å². The third-order valence-electron chi connectivity index (χ3n) is 0.386. The van der Waals surface area contributed by atoms with E-state index in [2.05, 4.69) is 47.8 Å². The maximum Gasteiger partial charge on any atom is 0.241 e. The first-order valence-corrected chi connectivity index (χ1v) is 4.14. The van der Waals surface area contributed by atoms with Gasteiger partial charge in [0.25, 0.3) is 0 Å². The van der Waals surface area contributed by atoms with Gasteiger partial charge in [-0.2, -0.15) is 0 Å². The van der Waals surface area contributed by atoms with Gasteiger partial charge in [0, 0.05) is 6.42 Å². The Balaban J connectivity index is 3.39. The smallest absolute Gasteiger partial charge is 0.210 e. The monoisotopic (exact) mass is 314 g/mol. The Morgan fingerprint density at radius 1 is 1.25 bits per heavy atom. The Morgan fingerprint density at radius 2 is 1.62 bits per heavy atom. The topological polar surface area (TPSA) is 0 Å². The Morgan fingerprint density at radius 3 is 1.62 bits per heavy atom. The van der Waals surface area contributed by atoms with E-state index in [1.807, 2.05) is 0 Å². The fourth-order valence-electron chi connectivity index (χ4n) is 0.175. The highest BCUT2D eigenvalue weighted by Crippen LogP contribution is 2.38. The fourth-order valence-corrected chi connectivity index (χ4v) is 0.909. The lowest BCUT2D eigenvalue weighted by Crippen LogP contribution is -2.05. The molecule has 0 amide bonds. The van der Waals surface area contributed by atoms with E-state index in [1.54, 1.807) is 0 Å². The molecular formula is C3H3Br3F2. The van der Waals surface area contributed by atoms with Gasteiger partial charge in [-0.1, -0.05) is 47.8 Å². The molecule has 0 unspecified atom stereocenters. The normalized spacial score (nSPS) is 12.8. The van der Waals surface area contributed by atoms with Crippen LogP contribution < -0.4 is 0 Å². The van der Waals surface area contributed by atoms with Crippen LogP contribution in [0.5, 0.6) is 0 Å². The molecule has 0 bridgehead atoms. The molecule has 8 heavy (non-hydrogen) atoms. The van der Waals surface area contributed by atoms with Crippen LogP contribution in [0.3, 0.4) is 0 Å². The molecule has 0 saturated carbocycles. The summed E-state index contributed by atoms with van der Waals surface area (Å²) in [5.41, 5.74) is 0. The average Bonchev–Trinajstić information content (AvgIpc) is 1.21. The van der Waals surface area contributed by atoms with Gasteiger partial charge in [0.1, 0.15) is 2.14 Å². The molecule has 0 saturated heterocycles. The van der Waals surface area contributed by atoms with Gasteiger partial charge < -0.3 is 0 Å². The molecule has 0 fully saturated rings. The van der Waals surface area contributed by atoms with Crippen LogP contribution in [0.4, 0.5) is 8.78 Å². The van der Waals surface area contributed by atoms with Crippen molar-refractivity contribution in [3.63, 3.8) is 0 Å². The summed E-state index contributed by atoms with van der Waals surface area (Å²) in [4.78, 5) is 0. The Kier molecular flexibility index (Phi) is 4.03. The van der Waals surface area contributed by atoms with Gasteiger partial charge in [-0.15, -0.1) is 0 Å². The molecule has 0 rings (SSSR count). The molecule has 0 radical (unpaired) electrons. The van der Waals surface area contributed by atoms with Crippen LogP contribution in [0.15, 0.2) is 0 Å². The van der Waals surface area contributed by atoms with E-state index in [1.165, 1.54) is 0 Å². The van der Waals surface area contributed by atoms with E-state index < -0.39 is 8.57 Å². The summed E-state index contributed by atoms with van der Waals surface area (Å²) in [5.74, 6) is 0. The minimum absolute atomic E-state index is 0.257. The summed E-state index contributed by atoms with van der Waals surface area (Å²) >= 11 is 8.80. The van der Waals surface area contributed by atoms with Gasteiger partial charge in [0.05, 0.1) is 0 Å². The van der Waals surface area contributed by atoms with Crippen LogP contribution in [-0.4, -0.2) is 8.57 Å². The molecule has 0 nitrogen and oxygen atoms in total. The van der Waals surface area contributed by atoms with Crippen molar-refractivity contribution in [3.8, 4) is 0 Å². The zero-order chi connectivity index (χ0) is 6.78. The third-order valence-corrected chi connectivity index (χ3v) is 1.36. The molecule has 0 atom stereocenters. The minimum atomic E-state index is -2.30. The Hall–Kier alpha value is 1.30. The van der Waals surface area contributed by atoms with Gasteiger partial charge in [0.2, 0.25) is 6.43 Å². The van der Waals surface area contributed by atoms with Crippen molar-refractivity contribution >= 4 is 47.8 Å². The highest BCUT2D eigenvalue weighted by molar-refractivity contribution is 9.39. The largest absolute Gasteiger partial charge is 0.241 e. The number of halogens is 5. The van der Waals surface area contributed by atoms with Crippen LogP contribution in [0, 0.1) is 0 Å². The van der Waals surface area contributed by atoms with Crippen LogP contribution in [0.2, 0.25) is 0 Å². The summed E-state index contributed by atoms with van der Waals surface area (Å²) in [6, 6.07) is 0. The van der Waals surface area contributed by atoms with Crippen LogP contribution in [0.1, 0.15) is 6.42 Å². The number of hydrogen-bond donors (Lipinski definition) is 0. The first-order chi connectivity index (χ1) is 3.42. The lowest BCUT2D eigenvalue weighted by molar-refractivity contribution is 0.142. The molecule has 0 aliphatic carbocycles.